The van der Waals surface area contributed by atoms with Gasteiger partial charge in [-0.25, -0.2) is 13.4 Å². The second-order valence-electron chi connectivity index (χ2n) is 6.29. The number of hydrogen-bond acceptors (Lipinski definition) is 7. The van der Waals surface area contributed by atoms with Crippen LogP contribution in [-0.2, 0) is 17.1 Å². The summed E-state index contributed by atoms with van der Waals surface area (Å²) in [7, 11) is 2.12. The Bertz CT molecular complexity index is 835. The highest BCUT2D eigenvalue weighted by Crippen LogP contribution is 2.21. The molecule has 0 bridgehead atoms. The number of aromatic nitrogens is 4. The van der Waals surface area contributed by atoms with E-state index in [-0.39, 0.29) is 5.03 Å². The third-order valence-corrected chi connectivity index (χ3v) is 6.17. The molecule has 1 aliphatic heterocycles. The standard InChI is InChI=1S/C15H23N7O2S/c1-12-17-15(11-20(12)4)25(23,24)22-7-5-21(6-8-22)14-9-13(19(2)3)10-16-18-14/h9-11H,5-8H2,1-4H3. The first kappa shape index (κ1) is 17.6. The Morgan fingerprint density at radius 1 is 1.16 bits per heavy atom. The number of piperazine rings is 1. The van der Waals surface area contributed by atoms with E-state index >= 15 is 0 Å². The van der Waals surface area contributed by atoms with E-state index in [4.69, 9.17) is 0 Å². The van der Waals surface area contributed by atoms with E-state index in [0.29, 0.717) is 32.0 Å². The van der Waals surface area contributed by atoms with E-state index in [2.05, 4.69) is 20.1 Å². The molecule has 0 aromatic carbocycles. The van der Waals surface area contributed by atoms with Gasteiger partial charge in [0.05, 0.1) is 11.9 Å². The molecule has 0 atom stereocenters. The van der Waals surface area contributed by atoms with Crippen molar-refractivity contribution in [1.29, 1.82) is 0 Å². The summed E-state index contributed by atoms with van der Waals surface area (Å²) in [6.45, 7) is 3.71. The van der Waals surface area contributed by atoms with Crippen molar-refractivity contribution in [2.45, 2.75) is 11.9 Å². The molecule has 1 aliphatic rings. The zero-order valence-electron chi connectivity index (χ0n) is 14.9. The summed E-state index contributed by atoms with van der Waals surface area (Å²) in [5.74, 6) is 1.44. The highest BCUT2D eigenvalue weighted by Gasteiger charge is 2.31. The molecular weight excluding hydrogens is 342 g/mol. The van der Waals surface area contributed by atoms with Crippen molar-refractivity contribution >= 4 is 21.5 Å². The summed E-state index contributed by atoms with van der Waals surface area (Å²) in [6, 6.07) is 1.96. The smallest absolute Gasteiger partial charge is 0.262 e. The van der Waals surface area contributed by atoms with Gasteiger partial charge in [0, 0.05) is 59.6 Å². The predicted octanol–water partition coefficient (Wildman–Crippen LogP) is 0.0954. The fourth-order valence-electron chi connectivity index (χ4n) is 2.69. The van der Waals surface area contributed by atoms with Gasteiger partial charge in [0.25, 0.3) is 10.0 Å². The Morgan fingerprint density at radius 2 is 1.84 bits per heavy atom. The molecule has 0 amide bonds. The molecule has 2 aromatic rings. The average molecular weight is 365 g/mol. The molecule has 1 fully saturated rings. The van der Waals surface area contributed by atoms with Crippen LogP contribution in [0.4, 0.5) is 11.5 Å². The molecule has 0 aliphatic carbocycles. The molecule has 25 heavy (non-hydrogen) atoms. The highest BCUT2D eigenvalue weighted by atomic mass is 32.2. The van der Waals surface area contributed by atoms with Gasteiger partial charge in [0.2, 0.25) is 0 Å². The summed E-state index contributed by atoms with van der Waals surface area (Å²) in [5.41, 5.74) is 0.962. The van der Waals surface area contributed by atoms with E-state index in [9.17, 15) is 8.42 Å². The maximum absolute atomic E-state index is 12.7. The summed E-state index contributed by atoms with van der Waals surface area (Å²) in [4.78, 5) is 8.17. The van der Waals surface area contributed by atoms with Gasteiger partial charge in [0.1, 0.15) is 5.82 Å². The molecule has 0 N–H and O–H groups in total. The van der Waals surface area contributed by atoms with Gasteiger partial charge in [-0.2, -0.15) is 9.40 Å². The lowest BCUT2D eigenvalue weighted by Crippen LogP contribution is -2.49. The van der Waals surface area contributed by atoms with Crippen LogP contribution in [0.25, 0.3) is 0 Å². The Kier molecular flexibility index (Phi) is 4.65. The van der Waals surface area contributed by atoms with Gasteiger partial charge in [0.15, 0.2) is 10.8 Å². The van der Waals surface area contributed by atoms with Crippen molar-refractivity contribution in [3.05, 3.63) is 24.3 Å². The Morgan fingerprint density at radius 3 is 2.40 bits per heavy atom. The number of hydrogen-bond donors (Lipinski definition) is 0. The Labute approximate surface area is 147 Å². The number of anilines is 2. The monoisotopic (exact) mass is 365 g/mol. The molecule has 136 valence electrons. The zero-order valence-corrected chi connectivity index (χ0v) is 15.7. The first-order valence-corrected chi connectivity index (χ1v) is 9.48. The molecule has 0 saturated carbocycles. The molecule has 2 aromatic heterocycles. The fourth-order valence-corrected chi connectivity index (χ4v) is 4.13. The Balaban J connectivity index is 1.72. The van der Waals surface area contributed by atoms with Gasteiger partial charge in [-0.05, 0) is 6.92 Å². The van der Waals surface area contributed by atoms with E-state index < -0.39 is 10.0 Å². The number of sulfonamides is 1. The van der Waals surface area contributed by atoms with Gasteiger partial charge >= 0.3 is 0 Å². The van der Waals surface area contributed by atoms with Crippen molar-refractivity contribution < 1.29 is 8.42 Å². The van der Waals surface area contributed by atoms with Crippen LogP contribution in [-0.4, -0.2) is 72.7 Å². The first-order chi connectivity index (χ1) is 11.8. The van der Waals surface area contributed by atoms with Gasteiger partial charge < -0.3 is 14.4 Å². The summed E-state index contributed by atoms with van der Waals surface area (Å²) in [6.07, 6.45) is 3.26. The summed E-state index contributed by atoms with van der Waals surface area (Å²) in [5, 5.41) is 8.31. The molecule has 10 heteroatoms. The van der Waals surface area contributed by atoms with Crippen LogP contribution in [0.1, 0.15) is 5.82 Å². The van der Waals surface area contributed by atoms with Crippen molar-refractivity contribution in [3.8, 4) is 0 Å². The normalized spacial score (nSPS) is 16.2. The molecule has 0 unspecified atom stereocenters. The van der Waals surface area contributed by atoms with E-state index in [0.717, 1.165) is 11.5 Å². The zero-order chi connectivity index (χ0) is 18.2. The van der Waals surface area contributed by atoms with Gasteiger partial charge in [-0.1, -0.05) is 0 Å². The predicted molar refractivity (Wildman–Crippen MR) is 95.3 cm³/mol. The molecule has 3 rings (SSSR count). The van der Waals surface area contributed by atoms with Crippen molar-refractivity contribution in [2.75, 3.05) is 50.1 Å². The minimum absolute atomic E-state index is 0.107. The average Bonchev–Trinajstić information content (AvgIpc) is 2.95. The van der Waals surface area contributed by atoms with Crippen LogP contribution in [0.2, 0.25) is 0 Å². The number of aryl methyl sites for hydroxylation is 2. The minimum Gasteiger partial charge on any atom is -0.376 e. The van der Waals surface area contributed by atoms with E-state index in [1.807, 2.05) is 25.1 Å². The maximum atomic E-state index is 12.7. The molecule has 9 nitrogen and oxygen atoms in total. The second-order valence-corrected chi connectivity index (χ2v) is 8.18. The SMILES string of the molecule is Cc1nc(S(=O)(=O)N2CCN(c3cc(N(C)C)cnn3)CC2)cn1C. The van der Waals surface area contributed by atoms with Gasteiger partial charge in [-0.15, -0.1) is 5.10 Å². The van der Waals surface area contributed by atoms with E-state index in [1.54, 1.807) is 30.9 Å². The lowest BCUT2D eigenvalue weighted by Gasteiger charge is -2.34. The van der Waals surface area contributed by atoms with Crippen molar-refractivity contribution in [1.82, 2.24) is 24.1 Å². The highest BCUT2D eigenvalue weighted by molar-refractivity contribution is 7.89. The minimum atomic E-state index is -3.56. The first-order valence-electron chi connectivity index (χ1n) is 8.04. The van der Waals surface area contributed by atoms with Crippen LogP contribution in [0.3, 0.4) is 0 Å². The lowest BCUT2D eigenvalue weighted by molar-refractivity contribution is 0.382. The largest absolute Gasteiger partial charge is 0.376 e. The number of imidazole rings is 1. The molecular formula is C15H23N7O2S. The summed E-state index contributed by atoms with van der Waals surface area (Å²) < 4.78 is 28.7. The summed E-state index contributed by atoms with van der Waals surface area (Å²) >= 11 is 0. The van der Waals surface area contributed by atoms with Crippen LogP contribution < -0.4 is 9.80 Å². The topological polar surface area (TPSA) is 87.5 Å². The van der Waals surface area contributed by atoms with Crippen LogP contribution >= 0.6 is 0 Å². The lowest BCUT2D eigenvalue weighted by atomic mass is 10.3. The van der Waals surface area contributed by atoms with Crippen molar-refractivity contribution in [2.24, 2.45) is 7.05 Å². The fraction of sp³-hybridized carbons (Fsp3) is 0.533. The second kappa shape index (κ2) is 6.60. The molecule has 1 saturated heterocycles. The van der Waals surface area contributed by atoms with E-state index in [1.165, 1.54) is 4.31 Å². The third-order valence-electron chi connectivity index (χ3n) is 4.40. The third kappa shape index (κ3) is 3.45. The van der Waals surface area contributed by atoms with Crippen LogP contribution in [0.15, 0.2) is 23.5 Å². The Hall–Kier alpha value is -2.20. The number of nitrogens with zero attached hydrogens (tertiary/aromatic N) is 7. The number of rotatable bonds is 4. The molecule has 0 radical (unpaired) electrons. The van der Waals surface area contributed by atoms with Gasteiger partial charge in [-0.3, -0.25) is 0 Å². The van der Waals surface area contributed by atoms with Crippen molar-refractivity contribution in [3.63, 3.8) is 0 Å². The van der Waals surface area contributed by atoms with Crippen LogP contribution in [0, 0.1) is 6.92 Å². The quantitative estimate of drug-likeness (QED) is 0.759. The molecule has 3 heterocycles. The maximum Gasteiger partial charge on any atom is 0.262 e. The van der Waals surface area contributed by atoms with Crippen LogP contribution in [0.5, 0.6) is 0 Å². The molecule has 0 spiro atoms.